The van der Waals surface area contributed by atoms with Gasteiger partial charge in [-0.25, -0.2) is 0 Å². The van der Waals surface area contributed by atoms with Gasteiger partial charge < -0.3 is 15.0 Å². The maximum Gasteiger partial charge on any atom is 0.392 e. The van der Waals surface area contributed by atoms with Crippen LogP contribution in [0, 0.1) is 6.92 Å². The van der Waals surface area contributed by atoms with Crippen LogP contribution in [-0.2, 0) is 25.0 Å². The zero-order chi connectivity index (χ0) is 29.9. The van der Waals surface area contributed by atoms with Gasteiger partial charge >= 0.3 is 12.4 Å². The maximum absolute atomic E-state index is 12.6. The molecular weight excluding hydrogens is 538 g/mol. The monoisotopic (exact) mass is 576 g/mol. The number of aromatic nitrogens is 4. The van der Waals surface area contributed by atoms with Crippen molar-refractivity contribution in [1.29, 1.82) is 0 Å². The summed E-state index contributed by atoms with van der Waals surface area (Å²) in [7, 11) is 1.67. The Bertz CT molecular complexity index is 1100. The molecule has 0 radical (unpaired) electrons. The van der Waals surface area contributed by atoms with E-state index in [1.165, 1.54) is 27.6 Å². The molecule has 2 aliphatic heterocycles. The topological polar surface area (TPSA) is 68.1 Å². The number of allylic oxidation sites excluding steroid dienone is 1. The Hall–Kier alpha value is -3.09. The van der Waals surface area contributed by atoms with Crippen molar-refractivity contribution in [1.82, 2.24) is 20.2 Å². The molecule has 7 nitrogen and oxygen atoms in total. The maximum atomic E-state index is 12.6. The van der Waals surface area contributed by atoms with Crippen LogP contribution in [0.5, 0.6) is 0 Å². The number of hydrogen-bond acceptors (Lipinski definition) is 6. The fourth-order valence-corrected chi connectivity index (χ4v) is 4.55. The van der Waals surface area contributed by atoms with Crippen molar-refractivity contribution in [2.75, 3.05) is 23.3 Å². The van der Waals surface area contributed by atoms with E-state index in [4.69, 9.17) is 4.74 Å². The van der Waals surface area contributed by atoms with Gasteiger partial charge in [0.25, 0.3) is 5.95 Å². The van der Waals surface area contributed by atoms with Gasteiger partial charge in [0.1, 0.15) is 0 Å². The molecule has 0 amide bonds. The smallest absolute Gasteiger partial charge is 0.385 e. The van der Waals surface area contributed by atoms with Gasteiger partial charge in [-0.15, -0.1) is 18.3 Å². The van der Waals surface area contributed by atoms with Crippen LogP contribution in [0.2, 0.25) is 0 Å². The Labute approximate surface area is 231 Å². The minimum absolute atomic E-state index is 0.0839. The summed E-state index contributed by atoms with van der Waals surface area (Å²) in [5.74, 6) is 0.404. The first-order chi connectivity index (χ1) is 18.9. The Balaban J connectivity index is 0.000000484. The molecular formula is C27H38F6N6O. The summed E-state index contributed by atoms with van der Waals surface area (Å²) in [4.78, 5) is 3.30. The SMILES string of the molecule is C=C.CCCCC(F)(F)F.Cc1c2c(cc3c1NCCCC3N(C/C=C/CC(F)(F)F)c1nnn(C)n1)COC2. The molecule has 13 heteroatoms. The van der Waals surface area contributed by atoms with Gasteiger partial charge in [0, 0.05) is 25.2 Å². The standard InChI is InChI=1S/C20H25F3N6O.C5H9F3.C2H4/c1-13-16-12-30-11-14(16)10-15-17(6-5-8-24-18(13)15)29(19-25-27-28(2)26-19)9-4-3-7-20(21,22)23;1-2-3-4-5(6,7)8;1-2/h3-4,10,17,24H,5-9,11-12H2,1-2H3;2-4H2,1H3;1-2H2/b4-3+;;. The van der Waals surface area contributed by atoms with Crippen LogP contribution >= 0.6 is 0 Å². The number of nitrogens with one attached hydrogen (secondary N) is 1. The first kappa shape index (κ1) is 33.1. The lowest BCUT2D eigenvalue weighted by Gasteiger charge is -2.31. The number of nitrogens with zero attached hydrogens (tertiary/aromatic N) is 5. The third-order valence-electron chi connectivity index (χ3n) is 6.42. The molecule has 1 unspecified atom stereocenters. The average molecular weight is 577 g/mol. The van der Waals surface area contributed by atoms with Crippen LogP contribution in [0.3, 0.4) is 0 Å². The highest BCUT2D eigenvalue weighted by Crippen LogP contribution is 2.41. The lowest BCUT2D eigenvalue weighted by atomic mass is 9.92. The number of ether oxygens (including phenoxy) is 1. The summed E-state index contributed by atoms with van der Waals surface area (Å²) in [5, 5.41) is 15.9. The van der Waals surface area contributed by atoms with Crippen molar-refractivity contribution >= 4 is 11.6 Å². The summed E-state index contributed by atoms with van der Waals surface area (Å²) >= 11 is 0. The molecule has 0 bridgehead atoms. The second-order valence-electron chi connectivity index (χ2n) is 9.42. The van der Waals surface area contributed by atoms with Gasteiger partial charge in [0.2, 0.25) is 0 Å². The van der Waals surface area contributed by atoms with Crippen molar-refractivity contribution in [3.8, 4) is 0 Å². The molecule has 224 valence electrons. The van der Waals surface area contributed by atoms with Gasteiger partial charge in [-0.2, -0.15) is 31.1 Å². The highest BCUT2D eigenvalue weighted by molar-refractivity contribution is 5.65. The third-order valence-corrected chi connectivity index (χ3v) is 6.42. The molecule has 0 spiro atoms. The zero-order valence-electron chi connectivity index (χ0n) is 23.2. The Morgan fingerprint density at radius 1 is 1.15 bits per heavy atom. The number of fused-ring (bicyclic) bond motifs is 2. The normalized spacial score (nSPS) is 16.6. The van der Waals surface area contributed by atoms with Crippen LogP contribution in [0.15, 0.2) is 31.4 Å². The molecule has 0 saturated carbocycles. The third kappa shape index (κ3) is 9.83. The molecule has 1 atom stereocenters. The van der Waals surface area contributed by atoms with E-state index in [2.05, 4.69) is 46.9 Å². The molecule has 1 N–H and O–H groups in total. The minimum atomic E-state index is -4.22. The number of halogens is 6. The zero-order valence-corrected chi connectivity index (χ0v) is 23.2. The fourth-order valence-electron chi connectivity index (χ4n) is 4.55. The highest BCUT2D eigenvalue weighted by atomic mass is 19.4. The van der Waals surface area contributed by atoms with E-state index in [0.29, 0.717) is 25.6 Å². The van der Waals surface area contributed by atoms with E-state index in [9.17, 15) is 26.3 Å². The molecule has 2 aliphatic rings. The van der Waals surface area contributed by atoms with E-state index in [1.807, 2.05) is 4.90 Å². The highest BCUT2D eigenvalue weighted by Gasteiger charge is 2.31. The van der Waals surface area contributed by atoms with E-state index in [-0.39, 0.29) is 19.0 Å². The lowest BCUT2D eigenvalue weighted by molar-refractivity contribution is -0.135. The average Bonchev–Trinajstić information content (AvgIpc) is 3.49. The largest absolute Gasteiger partial charge is 0.392 e. The van der Waals surface area contributed by atoms with Crippen molar-refractivity contribution < 1.29 is 31.1 Å². The van der Waals surface area contributed by atoms with E-state index < -0.39 is 25.2 Å². The molecule has 0 saturated heterocycles. The molecule has 3 heterocycles. The number of alkyl halides is 6. The molecule has 1 aromatic heterocycles. The summed E-state index contributed by atoms with van der Waals surface area (Å²) < 4.78 is 77.1. The minimum Gasteiger partial charge on any atom is -0.385 e. The van der Waals surface area contributed by atoms with Gasteiger partial charge in [-0.1, -0.05) is 30.6 Å². The van der Waals surface area contributed by atoms with Gasteiger partial charge in [-0.3, -0.25) is 0 Å². The van der Waals surface area contributed by atoms with Gasteiger partial charge in [0.15, 0.2) is 0 Å². The quantitative estimate of drug-likeness (QED) is 0.275. The number of rotatable bonds is 7. The predicted octanol–water partition coefficient (Wildman–Crippen LogP) is 7.35. The number of hydrogen-bond donors (Lipinski definition) is 1. The van der Waals surface area contributed by atoms with Crippen LogP contribution in [0.25, 0.3) is 0 Å². The van der Waals surface area contributed by atoms with Crippen LogP contribution in [-0.4, -0.2) is 45.6 Å². The number of unbranched alkanes of at least 4 members (excludes halogenated alkanes) is 1. The molecule has 2 aromatic rings. The van der Waals surface area contributed by atoms with Crippen molar-refractivity contribution in [2.45, 2.75) is 84.0 Å². The molecule has 0 fully saturated rings. The Kier molecular flexibility index (Phi) is 12.5. The van der Waals surface area contributed by atoms with Crippen LogP contribution in [0.1, 0.15) is 73.7 Å². The van der Waals surface area contributed by atoms with E-state index in [1.54, 1.807) is 14.0 Å². The molecule has 1 aromatic carbocycles. The predicted molar refractivity (Wildman–Crippen MR) is 143 cm³/mol. The number of benzene rings is 1. The first-order valence-electron chi connectivity index (χ1n) is 13.2. The molecule has 0 aliphatic carbocycles. The van der Waals surface area contributed by atoms with E-state index >= 15 is 0 Å². The Morgan fingerprint density at radius 2 is 1.88 bits per heavy atom. The summed E-state index contributed by atoms with van der Waals surface area (Å²) in [5.41, 5.74) is 5.74. The molecule has 40 heavy (non-hydrogen) atoms. The van der Waals surface area contributed by atoms with Crippen molar-refractivity contribution in [3.05, 3.63) is 53.6 Å². The van der Waals surface area contributed by atoms with Gasteiger partial charge in [-0.05, 0) is 59.7 Å². The summed E-state index contributed by atoms with van der Waals surface area (Å²) in [6.45, 7) is 12.1. The second kappa shape index (κ2) is 15.1. The summed E-state index contributed by atoms with van der Waals surface area (Å²) in [6, 6.07) is 2.08. The van der Waals surface area contributed by atoms with E-state index in [0.717, 1.165) is 36.7 Å². The Morgan fingerprint density at radius 3 is 2.45 bits per heavy atom. The second-order valence-corrected chi connectivity index (χ2v) is 9.42. The van der Waals surface area contributed by atoms with Crippen molar-refractivity contribution in [2.24, 2.45) is 7.05 Å². The van der Waals surface area contributed by atoms with Crippen LogP contribution in [0.4, 0.5) is 38.0 Å². The number of aryl methyl sites for hydroxylation is 1. The lowest BCUT2D eigenvalue weighted by Crippen LogP contribution is -2.30. The first-order valence-corrected chi connectivity index (χ1v) is 13.2. The summed E-state index contributed by atoms with van der Waals surface area (Å²) in [6.07, 6.45) is -4.47. The number of anilines is 2. The van der Waals surface area contributed by atoms with Crippen LogP contribution < -0.4 is 10.2 Å². The fraction of sp³-hybridized carbons (Fsp3) is 0.593. The van der Waals surface area contributed by atoms with Gasteiger partial charge in [0.05, 0.1) is 32.7 Å². The molecule has 4 rings (SSSR count). The van der Waals surface area contributed by atoms with Crippen molar-refractivity contribution in [3.63, 3.8) is 0 Å². The number of tetrazole rings is 1.